The number of hydrogen-bond acceptors (Lipinski definition) is 10. The summed E-state index contributed by atoms with van der Waals surface area (Å²) >= 11 is 0. The highest BCUT2D eigenvalue weighted by molar-refractivity contribution is 6.02. The molecule has 1 heterocycles. The second kappa shape index (κ2) is 10.7. The van der Waals surface area contributed by atoms with Gasteiger partial charge >= 0.3 is 23.9 Å². The summed E-state index contributed by atoms with van der Waals surface area (Å²) in [5.41, 5.74) is -0.546. The first kappa shape index (κ1) is 25.5. The lowest BCUT2D eigenvalue weighted by atomic mass is 10.1. The van der Waals surface area contributed by atoms with Crippen LogP contribution in [0.15, 0.2) is 30.3 Å². The van der Waals surface area contributed by atoms with E-state index in [0.717, 1.165) is 6.92 Å². The summed E-state index contributed by atoms with van der Waals surface area (Å²) in [7, 11) is 0. The summed E-state index contributed by atoms with van der Waals surface area (Å²) in [5, 5.41) is 0.262. The molecule has 1 fully saturated rings. The van der Waals surface area contributed by atoms with Crippen molar-refractivity contribution in [3.63, 3.8) is 0 Å². The van der Waals surface area contributed by atoms with Crippen LogP contribution in [-0.4, -0.2) is 52.5 Å². The van der Waals surface area contributed by atoms with Crippen LogP contribution in [0.5, 0.6) is 0 Å². The predicted molar refractivity (Wildman–Crippen MR) is 108 cm³/mol. The van der Waals surface area contributed by atoms with Crippen LogP contribution in [0.4, 0.5) is 0 Å². The Morgan fingerprint density at radius 2 is 1.52 bits per heavy atom. The first-order valence-corrected chi connectivity index (χ1v) is 10.1. The molecule has 0 bridgehead atoms. The van der Waals surface area contributed by atoms with Crippen LogP contribution in [0.3, 0.4) is 0 Å². The van der Waals surface area contributed by atoms with Crippen LogP contribution >= 0.6 is 0 Å². The third-order valence-corrected chi connectivity index (χ3v) is 4.08. The number of rotatable bonds is 8. The van der Waals surface area contributed by atoms with Gasteiger partial charge in [-0.1, -0.05) is 30.3 Å². The zero-order valence-electron chi connectivity index (χ0n) is 18.7. The Labute approximate surface area is 189 Å². The van der Waals surface area contributed by atoms with Crippen LogP contribution in [0.2, 0.25) is 0 Å². The highest BCUT2D eigenvalue weighted by atomic mass is 16.7. The van der Waals surface area contributed by atoms with Crippen molar-refractivity contribution < 1.29 is 47.8 Å². The van der Waals surface area contributed by atoms with Gasteiger partial charge in [-0.15, -0.1) is 5.06 Å². The normalized spacial score (nSPS) is 15.5. The first-order chi connectivity index (χ1) is 15.4. The summed E-state index contributed by atoms with van der Waals surface area (Å²) in [5.74, 6) is -5.66. The largest absolute Gasteiger partial charge is 0.457 e. The Morgan fingerprint density at radius 3 is 2.03 bits per heavy atom. The fourth-order valence-corrected chi connectivity index (χ4v) is 2.75. The van der Waals surface area contributed by atoms with Gasteiger partial charge in [-0.25, -0.2) is 9.59 Å². The van der Waals surface area contributed by atoms with Crippen LogP contribution in [0.25, 0.3) is 0 Å². The molecule has 1 aromatic rings. The van der Waals surface area contributed by atoms with Gasteiger partial charge in [-0.05, 0) is 20.8 Å². The quantitative estimate of drug-likeness (QED) is 0.316. The van der Waals surface area contributed by atoms with Gasteiger partial charge in [0.05, 0.1) is 6.42 Å². The standard InChI is InChI=1S/C22H25NO10/c1-13(24)30-15(20(28)33-23-16(25)10-11-17(23)26)12-18(27)31-19(14-8-6-5-7-9-14)21(29)32-22(2,3)4/h5-9,15,19H,10-12H2,1-4H3/t15?,19-/m0/s1. The molecule has 2 amide bonds. The number of nitrogens with zero attached hydrogens (tertiary/aromatic N) is 1. The maximum atomic E-state index is 12.6. The number of esters is 3. The molecule has 1 aliphatic heterocycles. The van der Waals surface area contributed by atoms with E-state index in [-0.39, 0.29) is 17.9 Å². The topological polar surface area (TPSA) is 143 Å². The molecule has 0 spiro atoms. The summed E-state index contributed by atoms with van der Waals surface area (Å²) < 4.78 is 15.4. The summed E-state index contributed by atoms with van der Waals surface area (Å²) in [6, 6.07) is 8.05. The van der Waals surface area contributed by atoms with Gasteiger partial charge in [-0.3, -0.25) is 19.2 Å². The van der Waals surface area contributed by atoms with E-state index >= 15 is 0 Å². The second-order valence-corrected chi connectivity index (χ2v) is 8.11. The number of imide groups is 1. The van der Waals surface area contributed by atoms with Gasteiger partial charge in [0, 0.05) is 25.3 Å². The molecule has 2 atom stereocenters. The fourth-order valence-electron chi connectivity index (χ4n) is 2.75. The maximum Gasteiger partial charge on any atom is 0.374 e. The number of carbonyl (C=O) groups is 6. The van der Waals surface area contributed by atoms with Crippen molar-refractivity contribution in [3.05, 3.63) is 35.9 Å². The van der Waals surface area contributed by atoms with Crippen LogP contribution in [-0.2, 0) is 47.8 Å². The van der Waals surface area contributed by atoms with Gasteiger partial charge in [0.25, 0.3) is 11.8 Å². The van der Waals surface area contributed by atoms with Gasteiger partial charge in [0.2, 0.25) is 12.2 Å². The zero-order valence-corrected chi connectivity index (χ0v) is 18.7. The Morgan fingerprint density at radius 1 is 0.939 bits per heavy atom. The molecular formula is C22H25NO10. The molecule has 0 aliphatic carbocycles. The van der Waals surface area contributed by atoms with Gasteiger partial charge < -0.3 is 19.0 Å². The van der Waals surface area contributed by atoms with Gasteiger partial charge in [0.1, 0.15) is 5.60 Å². The SMILES string of the molecule is CC(=O)OC(CC(=O)O[C@H](C(=O)OC(C)(C)C)c1ccccc1)C(=O)ON1C(=O)CCC1=O. The molecule has 178 valence electrons. The summed E-state index contributed by atoms with van der Waals surface area (Å²) in [4.78, 5) is 77.1. The molecule has 11 heteroatoms. The molecule has 1 unspecified atom stereocenters. The van der Waals surface area contributed by atoms with E-state index < -0.39 is 59.9 Å². The lowest BCUT2D eigenvalue weighted by molar-refractivity contribution is -0.206. The molecule has 0 N–H and O–H groups in total. The van der Waals surface area contributed by atoms with Crippen LogP contribution < -0.4 is 0 Å². The van der Waals surface area contributed by atoms with Crippen molar-refractivity contribution in [2.24, 2.45) is 0 Å². The van der Waals surface area contributed by atoms with E-state index in [2.05, 4.69) is 0 Å². The van der Waals surface area contributed by atoms with E-state index in [1.165, 1.54) is 0 Å². The first-order valence-electron chi connectivity index (χ1n) is 10.1. The summed E-state index contributed by atoms with van der Waals surface area (Å²) in [6.07, 6.45) is -4.37. The maximum absolute atomic E-state index is 12.6. The predicted octanol–water partition coefficient (Wildman–Crippen LogP) is 1.54. The van der Waals surface area contributed by atoms with Crippen LogP contribution in [0.1, 0.15) is 58.6 Å². The Hall–Kier alpha value is -3.76. The minimum absolute atomic E-state index is 0.138. The molecule has 0 aromatic heterocycles. The third-order valence-electron chi connectivity index (χ3n) is 4.08. The number of carbonyl (C=O) groups excluding carboxylic acids is 6. The van der Waals surface area contributed by atoms with E-state index in [1.54, 1.807) is 51.1 Å². The zero-order chi connectivity index (χ0) is 24.8. The number of hydrogen-bond donors (Lipinski definition) is 0. The minimum atomic E-state index is -1.81. The molecule has 0 saturated carbocycles. The minimum Gasteiger partial charge on any atom is -0.457 e. The van der Waals surface area contributed by atoms with Gasteiger partial charge in [-0.2, -0.15) is 0 Å². The number of hydroxylamine groups is 2. The van der Waals surface area contributed by atoms with Crippen molar-refractivity contribution in [3.8, 4) is 0 Å². The molecular weight excluding hydrogens is 438 g/mol. The number of benzene rings is 1. The lowest BCUT2D eigenvalue weighted by Gasteiger charge is -2.24. The van der Waals surface area contributed by atoms with Crippen molar-refractivity contribution in [1.82, 2.24) is 5.06 Å². The number of amides is 2. The van der Waals surface area contributed by atoms with Crippen molar-refractivity contribution in [2.75, 3.05) is 0 Å². The van der Waals surface area contributed by atoms with Crippen LogP contribution in [0, 0.1) is 0 Å². The van der Waals surface area contributed by atoms with E-state index in [0.29, 0.717) is 5.56 Å². The van der Waals surface area contributed by atoms with Gasteiger partial charge in [0.15, 0.2) is 0 Å². The fraction of sp³-hybridized carbons (Fsp3) is 0.455. The smallest absolute Gasteiger partial charge is 0.374 e. The van der Waals surface area contributed by atoms with Crippen molar-refractivity contribution in [1.29, 1.82) is 0 Å². The average Bonchev–Trinajstić information content (AvgIpc) is 3.02. The monoisotopic (exact) mass is 463 g/mol. The molecule has 11 nitrogen and oxygen atoms in total. The second-order valence-electron chi connectivity index (χ2n) is 8.11. The molecule has 1 aliphatic rings. The third kappa shape index (κ3) is 7.70. The Balaban J connectivity index is 2.15. The highest BCUT2D eigenvalue weighted by Gasteiger charge is 2.38. The average molecular weight is 463 g/mol. The van der Waals surface area contributed by atoms with E-state index in [9.17, 15) is 28.8 Å². The number of ether oxygens (including phenoxy) is 3. The summed E-state index contributed by atoms with van der Waals surface area (Å²) in [6.45, 7) is 5.92. The molecule has 33 heavy (non-hydrogen) atoms. The van der Waals surface area contributed by atoms with E-state index in [1.807, 2.05) is 0 Å². The molecule has 1 aromatic carbocycles. The Kier molecular flexibility index (Phi) is 8.27. The lowest BCUT2D eigenvalue weighted by Crippen LogP contribution is -2.39. The Bertz CT molecular complexity index is 918. The molecule has 1 saturated heterocycles. The molecule has 2 rings (SSSR count). The van der Waals surface area contributed by atoms with Crippen molar-refractivity contribution >= 4 is 35.7 Å². The molecule has 0 radical (unpaired) electrons. The highest BCUT2D eigenvalue weighted by Crippen LogP contribution is 2.23. The van der Waals surface area contributed by atoms with Crippen molar-refractivity contribution in [2.45, 2.75) is 64.8 Å². The van der Waals surface area contributed by atoms with E-state index in [4.69, 9.17) is 19.0 Å².